The molecule has 1 aromatic heterocycles. The van der Waals surface area contributed by atoms with Gasteiger partial charge < -0.3 is 9.80 Å². The number of hydrogen-bond donors (Lipinski definition) is 0. The number of anilines is 1. The second-order valence-electron chi connectivity index (χ2n) is 8.15. The molecular weight excluding hydrogens is 350 g/mol. The summed E-state index contributed by atoms with van der Waals surface area (Å²) < 4.78 is 1.71. The second-order valence-corrected chi connectivity index (χ2v) is 8.15. The van der Waals surface area contributed by atoms with Gasteiger partial charge in [-0.3, -0.25) is 14.4 Å². The van der Waals surface area contributed by atoms with Crippen molar-refractivity contribution < 1.29 is 4.79 Å². The van der Waals surface area contributed by atoms with Gasteiger partial charge in [-0.05, 0) is 44.4 Å². The number of piperazine rings is 1. The van der Waals surface area contributed by atoms with Crippen molar-refractivity contribution in [2.45, 2.75) is 32.7 Å². The number of benzene rings is 1. The van der Waals surface area contributed by atoms with E-state index in [9.17, 15) is 4.79 Å². The molecule has 0 aliphatic carbocycles. The summed E-state index contributed by atoms with van der Waals surface area (Å²) in [6.07, 6.45) is 2.25. The maximum absolute atomic E-state index is 13.0. The van der Waals surface area contributed by atoms with Crippen LogP contribution in [0.15, 0.2) is 30.3 Å². The van der Waals surface area contributed by atoms with Crippen LogP contribution in [0.25, 0.3) is 0 Å². The Morgan fingerprint density at radius 3 is 2.50 bits per heavy atom. The number of piperidine rings is 1. The molecule has 2 saturated heterocycles. The molecular formula is C22H31N5O. The minimum atomic E-state index is 0.117. The van der Waals surface area contributed by atoms with Crippen molar-refractivity contribution in [1.29, 1.82) is 0 Å². The van der Waals surface area contributed by atoms with Crippen molar-refractivity contribution in [3.8, 4) is 0 Å². The monoisotopic (exact) mass is 381 g/mol. The SMILES string of the molecule is Cc1cc(C(=O)N2CCC[C@@H](N3CCN(c4ccccc4C)CC3)C2)n(C)n1. The molecule has 28 heavy (non-hydrogen) atoms. The van der Waals surface area contributed by atoms with E-state index in [4.69, 9.17) is 0 Å². The number of carbonyl (C=O) groups is 1. The molecule has 4 rings (SSSR count). The predicted octanol–water partition coefficient (Wildman–Crippen LogP) is 2.46. The molecule has 2 aliphatic heterocycles. The quantitative estimate of drug-likeness (QED) is 0.819. The number of carbonyl (C=O) groups excluding carboxylic acids is 1. The van der Waals surface area contributed by atoms with Gasteiger partial charge in [-0.1, -0.05) is 18.2 Å². The smallest absolute Gasteiger partial charge is 0.272 e. The Hall–Kier alpha value is -2.34. The molecule has 0 N–H and O–H groups in total. The first kappa shape index (κ1) is 19.0. The largest absolute Gasteiger partial charge is 0.369 e. The summed E-state index contributed by atoms with van der Waals surface area (Å²) >= 11 is 0. The van der Waals surface area contributed by atoms with Gasteiger partial charge in [-0.15, -0.1) is 0 Å². The number of para-hydroxylation sites is 1. The first-order valence-corrected chi connectivity index (χ1v) is 10.4. The Labute approximate surface area is 167 Å². The van der Waals surface area contributed by atoms with E-state index in [2.05, 4.69) is 46.1 Å². The third-order valence-corrected chi connectivity index (χ3v) is 6.19. The third-order valence-electron chi connectivity index (χ3n) is 6.19. The van der Waals surface area contributed by atoms with Gasteiger partial charge in [0, 0.05) is 58.0 Å². The van der Waals surface area contributed by atoms with Crippen molar-refractivity contribution >= 4 is 11.6 Å². The molecule has 2 fully saturated rings. The molecule has 6 nitrogen and oxygen atoms in total. The Balaban J connectivity index is 1.37. The van der Waals surface area contributed by atoms with Crippen LogP contribution in [0.5, 0.6) is 0 Å². The highest BCUT2D eigenvalue weighted by molar-refractivity contribution is 5.92. The number of hydrogen-bond acceptors (Lipinski definition) is 4. The van der Waals surface area contributed by atoms with Gasteiger partial charge >= 0.3 is 0 Å². The number of aromatic nitrogens is 2. The van der Waals surface area contributed by atoms with Crippen molar-refractivity contribution in [3.05, 3.63) is 47.3 Å². The van der Waals surface area contributed by atoms with Gasteiger partial charge in [0.2, 0.25) is 0 Å². The van der Waals surface area contributed by atoms with Crippen LogP contribution in [-0.4, -0.2) is 70.8 Å². The van der Waals surface area contributed by atoms with Crippen molar-refractivity contribution in [1.82, 2.24) is 19.6 Å². The minimum absolute atomic E-state index is 0.117. The highest BCUT2D eigenvalue weighted by atomic mass is 16.2. The lowest BCUT2D eigenvalue weighted by atomic mass is 10.0. The molecule has 2 aliphatic rings. The third kappa shape index (κ3) is 3.78. The fourth-order valence-electron chi connectivity index (χ4n) is 4.66. The zero-order valence-electron chi connectivity index (χ0n) is 17.3. The topological polar surface area (TPSA) is 44.6 Å². The van der Waals surface area contributed by atoms with Crippen LogP contribution in [0.4, 0.5) is 5.69 Å². The van der Waals surface area contributed by atoms with Gasteiger partial charge in [0.25, 0.3) is 5.91 Å². The molecule has 150 valence electrons. The Kier molecular flexibility index (Phi) is 5.40. The van der Waals surface area contributed by atoms with E-state index in [1.54, 1.807) is 4.68 Å². The van der Waals surface area contributed by atoms with Gasteiger partial charge in [0.15, 0.2) is 0 Å². The molecule has 3 heterocycles. The number of rotatable bonds is 3. The number of amides is 1. The normalized spacial score (nSPS) is 21.2. The standard InChI is InChI=1S/C22H31N5O/c1-17-7-4-5-9-20(17)26-13-11-25(12-14-26)19-8-6-10-27(16-19)22(28)21-15-18(2)23-24(21)3/h4-5,7,9,15,19H,6,8,10-14,16H2,1-3H3/t19-/m1/s1. The van der Waals surface area contributed by atoms with Crippen LogP contribution < -0.4 is 4.90 Å². The fourth-order valence-corrected chi connectivity index (χ4v) is 4.66. The summed E-state index contributed by atoms with van der Waals surface area (Å²) in [6.45, 7) is 10.0. The van der Waals surface area contributed by atoms with E-state index in [-0.39, 0.29) is 5.91 Å². The van der Waals surface area contributed by atoms with E-state index in [1.807, 2.05) is 24.9 Å². The molecule has 1 atom stereocenters. The van der Waals surface area contributed by atoms with E-state index in [0.717, 1.165) is 51.4 Å². The number of nitrogens with zero attached hydrogens (tertiary/aromatic N) is 5. The summed E-state index contributed by atoms with van der Waals surface area (Å²) in [4.78, 5) is 20.1. The summed E-state index contributed by atoms with van der Waals surface area (Å²) in [6, 6.07) is 11.0. The summed E-state index contributed by atoms with van der Waals surface area (Å²) in [7, 11) is 1.85. The lowest BCUT2D eigenvalue weighted by Gasteiger charge is -2.44. The van der Waals surface area contributed by atoms with Crippen LogP contribution in [0.2, 0.25) is 0 Å². The van der Waals surface area contributed by atoms with Crippen molar-refractivity contribution in [3.63, 3.8) is 0 Å². The van der Waals surface area contributed by atoms with E-state index >= 15 is 0 Å². The van der Waals surface area contributed by atoms with Gasteiger partial charge in [-0.25, -0.2) is 0 Å². The highest BCUT2D eigenvalue weighted by Gasteiger charge is 2.31. The van der Waals surface area contributed by atoms with Crippen LogP contribution in [-0.2, 0) is 7.05 Å². The molecule has 6 heteroatoms. The van der Waals surface area contributed by atoms with Crippen molar-refractivity contribution in [2.75, 3.05) is 44.2 Å². The number of likely N-dealkylation sites (tertiary alicyclic amines) is 1. The Morgan fingerprint density at radius 2 is 1.82 bits per heavy atom. The average Bonchev–Trinajstić information content (AvgIpc) is 3.06. The molecule has 0 bridgehead atoms. The fraction of sp³-hybridized carbons (Fsp3) is 0.545. The van der Waals surface area contributed by atoms with Crippen LogP contribution in [0, 0.1) is 13.8 Å². The molecule has 2 aromatic rings. The lowest BCUT2D eigenvalue weighted by molar-refractivity contribution is 0.0553. The van der Waals surface area contributed by atoms with Gasteiger partial charge in [0.05, 0.1) is 5.69 Å². The zero-order chi connectivity index (χ0) is 19.7. The minimum Gasteiger partial charge on any atom is -0.369 e. The average molecular weight is 382 g/mol. The first-order valence-electron chi connectivity index (χ1n) is 10.4. The molecule has 1 amide bonds. The molecule has 0 saturated carbocycles. The zero-order valence-corrected chi connectivity index (χ0v) is 17.3. The maximum Gasteiger partial charge on any atom is 0.272 e. The van der Waals surface area contributed by atoms with Crippen molar-refractivity contribution in [2.24, 2.45) is 7.05 Å². The predicted molar refractivity (Wildman–Crippen MR) is 112 cm³/mol. The van der Waals surface area contributed by atoms with Crippen LogP contribution >= 0.6 is 0 Å². The van der Waals surface area contributed by atoms with Crippen LogP contribution in [0.1, 0.15) is 34.6 Å². The second kappa shape index (κ2) is 7.95. The maximum atomic E-state index is 13.0. The Morgan fingerprint density at radius 1 is 1.07 bits per heavy atom. The lowest BCUT2D eigenvalue weighted by Crippen LogP contribution is -2.56. The molecule has 0 radical (unpaired) electrons. The number of aryl methyl sites for hydroxylation is 3. The van der Waals surface area contributed by atoms with Crippen LogP contribution in [0.3, 0.4) is 0 Å². The first-order chi connectivity index (χ1) is 13.5. The molecule has 1 aromatic carbocycles. The van der Waals surface area contributed by atoms with E-state index in [0.29, 0.717) is 11.7 Å². The summed E-state index contributed by atoms with van der Waals surface area (Å²) in [5, 5.41) is 4.33. The molecule has 0 unspecified atom stereocenters. The van der Waals surface area contributed by atoms with E-state index in [1.165, 1.54) is 17.7 Å². The van der Waals surface area contributed by atoms with Gasteiger partial charge in [-0.2, -0.15) is 5.10 Å². The summed E-state index contributed by atoms with van der Waals surface area (Å²) in [5.74, 6) is 0.117. The highest BCUT2D eigenvalue weighted by Crippen LogP contribution is 2.24. The van der Waals surface area contributed by atoms with Gasteiger partial charge in [0.1, 0.15) is 5.69 Å². The molecule has 0 spiro atoms. The Bertz CT molecular complexity index is 837. The van der Waals surface area contributed by atoms with E-state index < -0.39 is 0 Å². The summed E-state index contributed by atoms with van der Waals surface area (Å²) in [5.41, 5.74) is 4.29.